The van der Waals surface area contributed by atoms with Crippen molar-refractivity contribution in [3.63, 3.8) is 0 Å². The van der Waals surface area contributed by atoms with Gasteiger partial charge in [0.1, 0.15) is 6.10 Å². The Kier molecular flexibility index (Phi) is 4.38. The van der Waals surface area contributed by atoms with Crippen molar-refractivity contribution in [1.82, 2.24) is 15.5 Å². The van der Waals surface area contributed by atoms with Gasteiger partial charge in [0.2, 0.25) is 11.8 Å². The summed E-state index contributed by atoms with van der Waals surface area (Å²) in [6.07, 6.45) is 3.38. The molecule has 1 aliphatic rings. The van der Waals surface area contributed by atoms with Crippen molar-refractivity contribution in [3.05, 3.63) is 11.7 Å². The Hall–Kier alpha value is -1.08. The summed E-state index contributed by atoms with van der Waals surface area (Å²) in [5.41, 5.74) is 0. The van der Waals surface area contributed by atoms with Crippen LogP contribution in [0.15, 0.2) is 4.52 Å². The van der Waals surface area contributed by atoms with Crippen molar-refractivity contribution < 1.29 is 14.1 Å². The van der Waals surface area contributed by atoms with E-state index < -0.39 is 0 Å². The molecule has 1 unspecified atom stereocenters. The average molecular weight is 257 g/mol. The van der Waals surface area contributed by atoms with Crippen LogP contribution in [0.25, 0.3) is 0 Å². The Morgan fingerprint density at radius 2 is 2.53 bits per heavy atom. The highest BCUT2D eigenvalue weighted by atomic mass is 32.2. The minimum Gasteiger partial charge on any atom is -0.368 e. The van der Waals surface area contributed by atoms with Crippen LogP contribution in [-0.2, 0) is 21.8 Å². The molecule has 0 aromatic carbocycles. The number of hydrogen-bond acceptors (Lipinski definition) is 6. The van der Waals surface area contributed by atoms with Crippen LogP contribution in [0, 0.1) is 0 Å². The monoisotopic (exact) mass is 257 g/mol. The van der Waals surface area contributed by atoms with Crippen molar-refractivity contribution in [1.29, 1.82) is 0 Å². The molecule has 2 rings (SSSR count). The first-order valence-electron chi connectivity index (χ1n) is 5.49. The van der Waals surface area contributed by atoms with Crippen LogP contribution in [-0.4, -0.2) is 35.0 Å². The largest absolute Gasteiger partial charge is 0.368 e. The van der Waals surface area contributed by atoms with Crippen molar-refractivity contribution in [2.75, 3.05) is 12.9 Å². The maximum absolute atomic E-state index is 11.6. The van der Waals surface area contributed by atoms with Crippen LogP contribution in [0.2, 0.25) is 0 Å². The summed E-state index contributed by atoms with van der Waals surface area (Å²) < 4.78 is 10.3. The molecular formula is C10H15N3O3S. The van der Waals surface area contributed by atoms with Gasteiger partial charge in [-0.3, -0.25) is 4.79 Å². The second-order valence-electron chi connectivity index (χ2n) is 3.76. The first-order valence-corrected chi connectivity index (χ1v) is 6.88. The van der Waals surface area contributed by atoms with Crippen molar-refractivity contribution in [3.8, 4) is 0 Å². The van der Waals surface area contributed by atoms with Gasteiger partial charge < -0.3 is 14.6 Å². The summed E-state index contributed by atoms with van der Waals surface area (Å²) in [6.45, 7) is 0.927. The molecule has 0 saturated carbocycles. The highest BCUT2D eigenvalue weighted by molar-refractivity contribution is 7.97. The van der Waals surface area contributed by atoms with Crippen LogP contribution in [0.5, 0.6) is 0 Å². The zero-order valence-electron chi connectivity index (χ0n) is 9.64. The average Bonchev–Trinajstić information content (AvgIpc) is 2.97. The zero-order valence-corrected chi connectivity index (χ0v) is 10.5. The molecule has 1 aromatic heterocycles. The topological polar surface area (TPSA) is 77.2 Å². The second-order valence-corrected chi connectivity index (χ2v) is 4.62. The van der Waals surface area contributed by atoms with Gasteiger partial charge in [-0.1, -0.05) is 5.16 Å². The molecule has 1 amide bonds. The fourth-order valence-electron chi connectivity index (χ4n) is 1.61. The van der Waals surface area contributed by atoms with Crippen LogP contribution < -0.4 is 5.32 Å². The summed E-state index contributed by atoms with van der Waals surface area (Å²) in [7, 11) is 0. The highest BCUT2D eigenvalue weighted by Crippen LogP contribution is 2.12. The first kappa shape index (κ1) is 12.4. The van der Waals surface area contributed by atoms with Crippen LogP contribution in [0.4, 0.5) is 0 Å². The fraction of sp³-hybridized carbons (Fsp3) is 0.700. The fourth-order valence-corrected chi connectivity index (χ4v) is 1.99. The quantitative estimate of drug-likeness (QED) is 0.838. The Balaban J connectivity index is 1.78. The van der Waals surface area contributed by atoms with Gasteiger partial charge in [0, 0.05) is 6.61 Å². The summed E-state index contributed by atoms with van der Waals surface area (Å²) in [4.78, 5) is 15.8. The van der Waals surface area contributed by atoms with E-state index in [0.717, 1.165) is 12.8 Å². The molecule has 6 nitrogen and oxygen atoms in total. The smallest absolute Gasteiger partial charge is 0.249 e. The molecule has 1 atom stereocenters. The molecule has 1 aromatic rings. The van der Waals surface area contributed by atoms with E-state index in [1.165, 1.54) is 0 Å². The molecule has 0 aliphatic carbocycles. The summed E-state index contributed by atoms with van der Waals surface area (Å²) in [5, 5.41) is 6.52. The van der Waals surface area contributed by atoms with E-state index in [0.29, 0.717) is 24.1 Å². The normalized spacial score (nSPS) is 19.5. The summed E-state index contributed by atoms with van der Waals surface area (Å²) in [6, 6.07) is 0. The van der Waals surface area contributed by atoms with E-state index in [9.17, 15) is 4.79 Å². The van der Waals surface area contributed by atoms with E-state index in [4.69, 9.17) is 9.26 Å². The minimum atomic E-state index is -0.316. The van der Waals surface area contributed by atoms with Gasteiger partial charge in [-0.25, -0.2) is 0 Å². The van der Waals surface area contributed by atoms with Crippen LogP contribution >= 0.6 is 11.8 Å². The number of nitrogens with zero attached hydrogens (tertiary/aromatic N) is 2. The molecule has 1 aliphatic heterocycles. The molecule has 2 heterocycles. The number of hydrogen-bond donors (Lipinski definition) is 1. The van der Waals surface area contributed by atoms with Gasteiger partial charge in [-0.15, -0.1) is 0 Å². The predicted molar refractivity (Wildman–Crippen MR) is 62.3 cm³/mol. The van der Waals surface area contributed by atoms with Crippen LogP contribution in [0.1, 0.15) is 24.6 Å². The molecular weight excluding hydrogens is 242 g/mol. The lowest BCUT2D eigenvalue weighted by molar-refractivity contribution is -0.130. The maximum Gasteiger partial charge on any atom is 0.249 e. The number of ether oxygens (including phenoxy) is 1. The number of carbonyl (C=O) groups is 1. The maximum atomic E-state index is 11.6. The number of thioether (sulfide) groups is 1. The SMILES string of the molecule is CSCc1noc(CNC(=O)C2CCCO2)n1. The lowest BCUT2D eigenvalue weighted by Crippen LogP contribution is -2.33. The number of aromatic nitrogens is 2. The minimum absolute atomic E-state index is 0.105. The zero-order chi connectivity index (χ0) is 12.1. The van der Waals surface area contributed by atoms with E-state index in [-0.39, 0.29) is 18.6 Å². The Morgan fingerprint density at radius 3 is 3.24 bits per heavy atom. The van der Waals surface area contributed by atoms with Gasteiger partial charge >= 0.3 is 0 Å². The van der Waals surface area contributed by atoms with Gasteiger partial charge in [0.05, 0.1) is 12.3 Å². The predicted octanol–water partition coefficient (Wildman–Crippen LogP) is 0.728. The Labute approximate surface area is 103 Å². The third-order valence-corrected chi connectivity index (χ3v) is 2.97. The Bertz CT molecular complexity index is 377. The number of nitrogens with one attached hydrogen (secondary N) is 1. The lowest BCUT2D eigenvalue weighted by atomic mass is 10.2. The summed E-state index contributed by atoms with van der Waals surface area (Å²) >= 11 is 1.62. The van der Waals surface area contributed by atoms with Crippen molar-refractivity contribution in [2.24, 2.45) is 0 Å². The third kappa shape index (κ3) is 3.44. The molecule has 0 radical (unpaired) electrons. The molecule has 1 saturated heterocycles. The van der Waals surface area contributed by atoms with E-state index >= 15 is 0 Å². The molecule has 1 N–H and O–H groups in total. The van der Waals surface area contributed by atoms with Gasteiger partial charge in [0.15, 0.2) is 5.82 Å². The van der Waals surface area contributed by atoms with Crippen LogP contribution in [0.3, 0.4) is 0 Å². The Morgan fingerprint density at radius 1 is 1.65 bits per heavy atom. The molecule has 0 spiro atoms. The molecule has 7 heteroatoms. The molecule has 17 heavy (non-hydrogen) atoms. The van der Waals surface area contributed by atoms with E-state index in [1.807, 2.05) is 6.26 Å². The molecule has 94 valence electrons. The number of rotatable bonds is 5. The molecule has 0 bridgehead atoms. The molecule has 1 fully saturated rings. The van der Waals surface area contributed by atoms with E-state index in [1.54, 1.807) is 11.8 Å². The van der Waals surface area contributed by atoms with Gasteiger partial charge in [-0.2, -0.15) is 16.7 Å². The summed E-state index contributed by atoms with van der Waals surface area (Å²) in [5.74, 6) is 1.69. The number of carbonyl (C=O) groups excluding carboxylic acids is 1. The third-order valence-electron chi connectivity index (χ3n) is 2.42. The first-order chi connectivity index (χ1) is 8.29. The van der Waals surface area contributed by atoms with Crippen molar-refractivity contribution >= 4 is 17.7 Å². The van der Waals surface area contributed by atoms with Gasteiger partial charge in [0.25, 0.3) is 0 Å². The number of amides is 1. The standard InChI is InChI=1S/C10H15N3O3S/c1-17-6-8-12-9(16-13-8)5-11-10(14)7-3-2-4-15-7/h7H,2-6H2,1H3,(H,11,14). The van der Waals surface area contributed by atoms with E-state index in [2.05, 4.69) is 15.5 Å². The second kappa shape index (κ2) is 6.02. The lowest BCUT2D eigenvalue weighted by Gasteiger charge is -2.07. The van der Waals surface area contributed by atoms with Gasteiger partial charge in [-0.05, 0) is 19.1 Å². The van der Waals surface area contributed by atoms with Crippen molar-refractivity contribution in [2.45, 2.75) is 31.2 Å². The highest BCUT2D eigenvalue weighted by Gasteiger charge is 2.23.